The molecule has 1 aromatic rings. The standard InChI is InChI=1S/C10H11FO4/c1-2-15-7-3-6(4-9(13)14)10(11)8(12)5-7/h3,5,12H,2,4H2,1H3,(H,13,14). The molecule has 0 atom stereocenters. The van der Waals surface area contributed by atoms with Gasteiger partial charge in [0.2, 0.25) is 0 Å². The molecule has 0 aliphatic carbocycles. The zero-order valence-electron chi connectivity index (χ0n) is 8.16. The van der Waals surface area contributed by atoms with Gasteiger partial charge in [0, 0.05) is 11.6 Å². The van der Waals surface area contributed by atoms with Crippen LogP contribution < -0.4 is 4.74 Å². The fourth-order valence-electron chi connectivity index (χ4n) is 1.18. The Balaban J connectivity index is 3.06. The Kier molecular flexibility index (Phi) is 3.49. The average Bonchev–Trinajstić information content (AvgIpc) is 2.13. The first-order valence-corrected chi connectivity index (χ1v) is 4.40. The molecule has 5 heteroatoms. The third kappa shape index (κ3) is 2.83. The molecule has 82 valence electrons. The number of halogens is 1. The fourth-order valence-corrected chi connectivity index (χ4v) is 1.18. The summed E-state index contributed by atoms with van der Waals surface area (Å²) in [6.45, 7) is 2.09. The summed E-state index contributed by atoms with van der Waals surface area (Å²) < 4.78 is 18.3. The van der Waals surface area contributed by atoms with E-state index in [-0.39, 0.29) is 11.3 Å². The first kappa shape index (κ1) is 11.3. The predicted molar refractivity (Wildman–Crippen MR) is 50.6 cm³/mol. The van der Waals surface area contributed by atoms with E-state index in [1.54, 1.807) is 6.92 Å². The number of aromatic hydroxyl groups is 1. The zero-order chi connectivity index (χ0) is 11.4. The molecule has 0 spiro atoms. The van der Waals surface area contributed by atoms with Crippen LogP contribution in [-0.4, -0.2) is 22.8 Å². The second-order valence-electron chi connectivity index (χ2n) is 2.92. The van der Waals surface area contributed by atoms with Crippen LogP contribution in [0.1, 0.15) is 12.5 Å². The first-order chi connectivity index (χ1) is 7.04. The van der Waals surface area contributed by atoms with Gasteiger partial charge in [0.1, 0.15) is 5.75 Å². The number of aliphatic carboxylic acids is 1. The van der Waals surface area contributed by atoms with E-state index in [0.29, 0.717) is 6.61 Å². The Labute approximate surface area is 85.9 Å². The highest BCUT2D eigenvalue weighted by Gasteiger charge is 2.13. The number of benzene rings is 1. The Morgan fingerprint density at radius 3 is 2.73 bits per heavy atom. The highest BCUT2D eigenvalue weighted by atomic mass is 19.1. The van der Waals surface area contributed by atoms with Crippen LogP contribution in [0.5, 0.6) is 11.5 Å². The van der Waals surface area contributed by atoms with Gasteiger partial charge in [-0.2, -0.15) is 0 Å². The zero-order valence-corrected chi connectivity index (χ0v) is 8.16. The topological polar surface area (TPSA) is 66.8 Å². The SMILES string of the molecule is CCOc1cc(O)c(F)c(CC(=O)O)c1. The second kappa shape index (κ2) is 4.63. The first-order valence-electron chi connectivity index (χ1n) is 4.40. The van der Waals surface area contributed by atoms with Crippen LogP contribution in [0.15, 0.2) is 12.1 Å². The molecule has 0 radical (unpaired) electrons. The van der Waals surface area contributed by atoms with E-state index in [0.717, 1.165) is 6.07 Å². The third-order valence-electron chi connectivity index (χ3n) is 1.75. The van der Waals surface area contributed by atoms with Crippen molar-refractivity contribution in [2.75, 3.05) is 6.61 Å². The van der Waals surface area contributed by atoms with Crippen LogP contribution >= 0.6 is 0 Å². The van der Waals surface area contributed by atoms with Crippen LogP contribution in [0, 0.1) is 5.82 Å². The van der Waals surface area contributed by atoms with Crippen molar-refractivity contribution in [2.24, 2.45) is 0 Å². The van der Waals surface area contributed by atoms with E-state index in [2.05, 4.69) is 0 Å². The number of carboxylic acid groups (broad SMARTS) is 1. The molecule has 4 nitrogen and oxygen atoms in total. The lowest BCUT2D eigenvalue weighted by atomic mass is 10.1. The summed E-state index contributed by atoms with van der Waals surface area (Å²) in [6.07, 6.45) is -0.486. The summed E-state index contributed by atoms with van der Waals surface area (Å²) in [5.41, 5.74) is -0.0917. The molecule has 0 aliphatic heterocycles. The van der Waals surface area contributed by atoms with E-state index in [9.17, 15) is 14.3 Å². The second-order valence-corrected chi connectivity index (χ2v) is 2.92. The van der Waals surface area contributed by atoms with Crippen molar-refractivity contribution in [2.45, 2.75) is 13.3 Å². The minimum Gasteiger partial charge on any atom is -0.505 e. The van der Waals surface area contributed by atoms with Crippen LogP contribution in [0.4, 0.5) is 4.39 Å². The third-order valence-corrected chi connectivity index (χ3v) is 1.75. The number of phenolic OH excluding ortho intramolecular Hbond substituents is 1. The van der Waals surface area contributed by atoms with Crippen LogP contribution in [0.2, 0.25) is 0 Å². The van der Waals surface area contributed by atoms with E-state index in [4.69, 9.17) is 9.84 Å². The largest absolute Gasteiger partial charge is 0.505 e. The Bertz CT molecular complexity index is 376. The number of hydrogen-bond donors (Lipinski definition) is 2. The van der Waals surface area contributed by atoms with Crippen molar-refractivity contribution in [3.05, 3.63) is 23.5 Å². The van der Waals surface area contributed by atoms with Gasteiger partial charge in [-0.1, -0.05) is 0 Å². The van der Waals surface area contributed by atoms with Crippen LogP contribution in [-0.2, 0) is 11.2 Å². The molecule has 2 N–H and O–H groups in total. The van der Waals surface area contributed by atoms with E-state index in [1.807, 2.05) is 0 Å². The van der Waals surface area contributed by atoms with Gasteiger partial charge in [-0.25, -0.2) is 4.39 Å². The van der Waals surface area contributed by atoms with Gasteiger partial charge in [-0.3, -0.25) is 4.79 Å². The van der Waals surface area contributed by atoms with Crippen molar-refractivity contribution in [3.8, 4) is 11.5 Å². The monoisotopic (exact) mass is 214 g/mol. The van der Waals surface area contributed by atoms with Crippen molar-refractivity contribution in [1.29, 1.82) is 0 Å². The highest BCUT2D eigenvalue weighted by Crippen LogP contribution is 2.26. The Morgan fingerprint density at radius 1 is 1.53 bits per heavy atom. The molecule has 0 saturated heterocycles. The molecule has 0 bridgehead atoms. The van der Waals surface area contributed by atoms with Gasteiger partial charge in [0.25, 0.3) is 0 Å². The fraction of sp³-hybridized carbons (Fsp3) is 0.300. The van der Waals surface area contributed by atoms with Gasteiger partial charge in [-0.15, -0.1) is 0 Å². The highest BCUT2D eigenvalue weighted by molar-refractivity contribution is 5.70. The summed E-state index contributed by atoms with van der Waals surface area (Å²) in [5.74, 6) is -2.42. The molecular weight excluding hydrogens is 203 g/mol. The van der Waals surface area contributed by atoms with Crippen LogP contribution in [0.25, 0.3) is 0 Å². The van der Waals surface area contributed by atoms with Crippen molar-refractivity contribution in [3.63, 3.8) is 0 Å². The lowest BCUT2D eigenvalue weighted by molar-refractivity contribution is -0.136. The number of carbonyl (C=O) groups is 1. The van der Waals surface area contributed by atoms with Gasteiger partial charge < -0.3 is 14.9 Å². The Hall–Kier alpha value is -1.78. The molecule has 1 aromatic carbocycles. The number of rotatable bonds is 4. The number of phenols is 1. The summed E-state index contributed by atoms with van der Waals surface area (Å²) in [4.78, 5) is 10.4. The minimum atomic E-state index is -1.16. The molecule has 15 heavy (non-hydrogen) atoms. The van der Waals surface area contributed by atoms with Gasteiger partial charge >= 0.3 is 5.97 Å². The van der Waals surface area contributed by atoms with E-state index < -0.39 is 24.0 Å². The maximum atomic E-state index is 13.2. The Morgan fingerprint density at radius 2 is 2.20 bits per heavy atom. The molecule has 0 aromatic heterocycles. The van der Waals surface area contributed by atoms with Crippen LogP contribution in [0.3, 0.4) is 0 Å². The number of ether oxygens (including phenoxy) is 1. The summed E-state index contributed by atoms with van der Waals surface area (Å²) >= 11 is 0. The molecule has 1 rings (SSSR count). The van der Waals surface area contributed by atoms with E-state index >= 15 is 0 Å². The van der Waals surface area contributed by atoms with Crippen molar-refractivity contribution in [1.82, 2.24) is 0 Å². The minimum absolute atomic E-state index is 0.0917. The normalized spacial score (nSPS) is 10.0. The molecule has 0 heterocycles. The maximum Gasteiger partial charge on any atom is 0.307 e. The maximum absolute atomic E-state index is 13.2. The lowest BCUT2D eigenvalue weighted by Crippen LogP contribution is -2.03. The number of hydrogen-bond acceptors (Lipinski definition) is 3. The molecule has 0 fully saturated rings. The molecular formula is C10H11FO4. The summed E-state index contributed by atoms with van der Waals surface area (Å²) in [5, 5.41) is 17.7. The van der Waals surface area contributed by atoms with Gasteiger partial charge in [0.15, 0.2) is 11.6 Å². The quantitative estimate of drug-likeness (QED) is 0.798. The van der Waals surface area contributed by atoms with Gasteiger partial charge in [-0.05, 0) is 13.0 Å². The smallest absolute Gasteiger partial charge is 0.307 e. The molecule has 0 unspecified atom stereocenters. The average molecular weight is 214 g/mol. The molecule has 0 saturated carbocycles. The number of carboxylic acids is 1. The predicted octanol–water partition coefficient (Wildman–Crippen LogP) is 1.56. The molecule has 0 amide bonds. The van der Waals surface area contributed by atoms with Gasteiger partial charge in [0.05, 0.1) is 13.0 Å². The molecule has 0 aliphatic rings. The van der Waals surface area contributed by atoms with Crippen molar-refractivity contribution >= 4 is 5.97 Å². The van der Waals surface area contributed by atoms with E-state index in [1.165, 1.54) is 6.07 Å². The summed E-state index contributed by atoms with van der Waals surface area (Å²) in [7, 11) is 0. The lowest BCUT2D eigenvalue weighted by Gasteiger charge is -2.07. The van der Waals surface area contributed by atoms with Crippen molar-refractivity contribution < 1.29 is 24.1 Å². The summed E-state index contributed by atoms with van der Waals surface area (Å²) in [6, 6.07) is 2.39.